The summed E-state index contributed by atoms with van der Waals surface area (Å²) in [5.41, 5.74) is 2.22. The lowest BCUT2D eigenvalue weighted by molar-refractivity contribution is -0.144. The molecule has 7 nitrogen and oxygen atoms in total. The number of carbonyl (C=O) groups is 2. The molecule has 0 spiro atoms. The highest BCUT2D eigenvalue weighted by Gasteiger charge is 2.36. The predicted molar refractivity (Wildman–Crippen MR) is 96.4 cm³/mol. The number of halogens is 1. The second-order valence-corrected chi connectivity index (χ2v) is 6.86. The molecule has 3 rings (SSSR count). The Morgan fingerprint density at radius 3 is 2.85 bits per heavy atom. The number of aromatic amines is 1. The summed E-state index contributed by atoms with van der Waals surface area (Å²) in [6.45, 7) is 4.07. The minimum absolute atomic E-state index is 0.139. The molecule has 0 saturated carbocycles. The summed E-state index contributed by atoms with van der Waals surface area (Å²) >= 11 is 0. The molecule has 0 saturated heterocycles. The number of aromatic nitrogens is 2. The molecule has 2 N–H and O–H groups in total. The normalized spacial score (nSPS) is 17.4. The Bertz CT molecular complexity index is 836. The molecule has 1 aliphatic rings. The average Bonchev–Trinajstić information content (AvgIpc) is 3.12. The molecule has 1 aromatic carbocycles. The van der Waals surface area contributed by atoms with Crippen LogP contribution in [0.3, 0.4) is 0 Å². The number of H-pyrrole nitrogens is 1. The second-order valence-electron chi connectivity index (χ2n) is 6.86. The average molecular weight is 374 g/mol. The number of urea groups is 1. The van der Waals surface area contributed by atoms with E-state index >= 15 is 0 Å². The Balaban J connectivity index is 1.93. The molecule has 1 unspecified atom stereocenters. The molecule has 1 aromatic heterocycles. The molecule has 2 aromatic rings. The van der Waals surface area contributed by atoms with Crippen LogP contribution in [-0.4, -0.2) is 46.6 Å². The summed E-state index contributed by atoms with van der Waals surface area (Å²) < 4.78 is 18.6. The second kappa shape index (κ2) is 7.77. The van der Waals surface area contributed by atoms with Gasteiger partial charge in [-0.05, 0) is 23.6 Å². The Morgan fingerprint density at radius 2 is 2.19 bits per heavy atom. The largest absolute Gasteiger partial charge is 0.467 e. The smallest absolute Gasteiger partial charge is 0.328 e. The fourth-order valence-corrected chi connectivity index (χ4v) is 3.35. The van der Waals surface area contributed by atoms with Crippen LogP contribution < -0.4 is 5.32 Å². The van der Waals surface area contributed by atoms with Gasteiger partial charge in [-0.25, -0.2) is 19.0 Å². The van der Waals surface area contributed by atoms with Gasteiger partial charge in [0.05, 0.1) is 19.1 Å². The zero-order chi connectivity index (χ0) is 19.6. The standard InChI is InChI=1S/C19H23FN4O3/c1-11(2)15(18(25)27-3)23-19(26)24-8-7-14-16(22-10-21-14)17(24)12-5-4-6-13(20)9-12/h4-6,9-11,15,17H,7-8H2,1-3H3,(H,21,22)(H,23,26)/t15-,17?/m0/s1. The summed E-state index contributed by atoms with van der Waals surface area (Å²) in [5.74, 6) is -1.02. The molecule has 0 radical (unpaired) electrons. The number of hydrogen-bond donors (Lipinski definition) is 2. The van der Waals surface area contributed by atoms with Crippen LogP contribution >= 0.6 is 0 Å². The quantitative estimate of drug-likeness (QED) is 0.805. The van der Waals surface area contributed by atoms with Crippen molar-refractivity contribution >= 4 is 12.0 Å². The first-order valence-corrected chi connectivity index (χ1v) is 8.85. The number of ether oxygens (including phenoxy) is 1. The fourth-order valence-electron chi connectivity index (χ4n) is 3.35. The van der Waals surface area contributed by atoms with E-state index in [2.05, 4.69) is 15.3 Å². The van der Waals surface area contributed by atoms with E-state index in [4.69, 9.17) is 4.74 Å². The van der Waals surface area contributed by atoms with Crippen molar-refractivity contribution in [1.29, 1.82) is 0 Å². The molecule has 2 amide bonds. The lowest BCUT2D eigenvalue weighted by Crippen LogP contribution is -2.53. The van der Waals surface area contributed by atoms with Crippen LogP contribution in [0.15, 0.2) is 30.6 Å². The van der Waals surface area contributed by atoms with Crippen LogP contribution in [0.25, 0.3) is 0 Å². The van der Waals surface area contributed by atoms with Crippen LogP contribution in [-0.2, 0) is 16.0 Å². The van der Waals surface area contributed by atoms with Crippen molar-refractivity contribution in [2.75, 3.05) is 13.7 Å². The van der Waals surface area contributed by atoms with E-state index in [1.54, 1.807) is 23.4 Å². The number of amides is 2. The number of imidazole rings is 1. The highest BCUT2D eigenvalue weighted by atomic mass is 19.1. The third kappa shape index (κ3) is 3.79. The van der Waals surface area contributed by atoms with E-state index in [0.29, 0.717) is 24.2 Å². The highest BCUT2D eigenvalue weighted by molar-refractivity contribution is 5.84. The van der Waals surface area contributed by atoms with Gasteiger partial charge < -0.3 is 19.9 Å². The number of hydrogen-bond acceptors (Lipinski definition) is 4. The number of carbonyl (C=O) groups excluding carboxylic acids is 2. The van der Waals surface area contributed by atoms with E-state index in [1.807, 2.05) is 13.8 Å². The molecule has 1 aliphatic heterocycles. The topological polar surface area (TPSA) is 87.3 Å². The molecule has 27 heavy (non-hydrogen) atoms. The van der Waals surface area contributed by atoms with Gasteiger partial charge in [-0.2, -0.15) is 0 Å². The zero-order valence-electron chi connectivity index (χ0n) is 15.5. The van der Waals surface area contributed by atoms with E-state index in [1.165, 1.54) is 19.2 Å². The minimum atomic E-state index is -0.767. The van der Waals surface area contributed by atoms with Crippen LogP contribution in [0.5, 0.6) is 0 Å². The van der Waals surface area contributed by atoms with Crippen molar-refractivity contribution in [3.05, 3.63) is 53.4 Å². The molecule has 0 fully saturated rings. The Hall–Kier alpha value is -2.90. The SMILES string of the molecule is COC(=O)[C@@H](NC(=O)N1CCc2[nH]cnc2C1c1cccc(F)c1)C(C)C. The maximum atomic E-state index is 13.8. The van der Waals surface area contributed by atoms with Crippen molar-refractivity contribution < 1.29 is 18.7 Å². The predicted octanol–water partition coefficient (Wildman–Crippen LogP) is 2.40. The molecular formula is C19H23FN4O3. The molecule has 8 heteroatoms. The van der Waals surface area contributed by atoms with Gasteiger partial charge in [0.2, 0.25) is 0 Å². The van der Waals surface area contributed by atoms with Crippen molar-refractivity contribution in [2.45, 2.75) is 32.4 Å². The fraction of sp³-hybridized carbons (Fsp3) is 0.421. The number of benzene rings is 1. The number of fused-ring (bicyclic) bond motifs is 1. The van der Waals surface area contributed by atoms with E-state index in [-0.39, 0.29) is 11.7 Å². The van der Waals surface area contributed by atoms with E-state index in [9.17, 15) is 14.0 Å². The van der Waals surface area contributed by atoms with Crippen LogP contribution in [0.1, 0.15) is 36.8 Å². The van der Waals surface area contributed by atoms with Gasteiger partial charge in [0, 0.05) is 18.7 Å². The Labute approximate surface area is 156 Å². The Morgan fingerprint density at radius 1 is 1.41 bits per heavy atom. The molecular weight excluding hydrogens is 351 g/mol. The van der Waals surface area contributed by atoms with Crippen LogP contribution in [0.4, 0.5) is 9.18 Å². The van der Waals surface area contributed by atoms with Gasteiger partial charge in [-0.1, -0.05) is 26.0 Å². The lowest BCUT2D eigenvalue weighted by Gasteiger charge is -2.36. The van der Waals surface area contributed by atoms with Gasteiger partial charge in [0.25, 0.3) is 0 Å². The van der Waals surface area contributed by atoms with Gasteiger partial charge >= 0.3 is 12.0 Å². The van der Waals surface area contributed by atoms with E-state index in [0.717, 1.165) is 5.69 Å². The first kappa shape index (κ1) is 18.9. The van der Waals surface area contributed by atoms with E-state index < -0.39 is 24.1 Å². The van der Waals surface area contributed by atoms with Crippen LogP contribution in [0.2, 0.25) is 0 Å². The summed E-state index contributed by atoms with van der Waals surface area (Å²) in [7, 11) is 1.29. The lowest BCUT2D eigenvalue weighted by atomic mass is 9.95. The minimum Gasteiger partial charge on any atom is -0.467 e. The maximum Gasteiger partial charge on any atom is 0.328 e. The summed E-state index contributed by atoms with van der Waals surface area (Å²) in [4.78, 5) is 34.0. The summed E-state index contributed by atoms with van der Waals surface area (Å²) in [6.07, 6.45) is 2.17. The van der Waals surface area contributed by atoms with Crippen molar-refractivity contribution in [3.63, 3.8) is 0 Å². The summed E-state index contributed by atoms with van der Waals surface area (Å²) in [6, 6.07) is 4.40. The molecule has 0 aliphatic carbocycles. The monoisotopic (exact) mass is 374 g/mol. The third-order valence-corrected chi connectivity index (χ3v) is 4.75. The van der Waals surface area contributed by atoms with Gasteiger partial charge in [-0.15, -0.1) is 0 Å². The molecule has 144 valence electrons. The van der Waals surface area contributed by atoms with Gasteiger partial charge in [0.15, 0.2) is 0 Å². The number of nitrogens with zero attached hydrogens (tertiary/aromatic N) is 2. The number of esters is 1. The van der Waals surface area contributed by atoms with Crippen molar-refractivity contribution in [3.8, 4) is 0 Å². The maximum absolute atomic E-state index is 13.8. The third-order valence-electron chi connectivity index (χ3n) is 4.75. The molecule has 0 bridgehead atoms. The zero-order valence-corrected chi connectivity index (χ0v) is 15.5. The van der Waals surface area contributed by atoms with Crippen molar-refractivity contribution in [2.24, 2.45) is 5.92 Å². The van der Waals surface area contributed by atoms with Gasteiger partial charge in [0.1, 0.15) is 17.9 Å². The Kier molecular flexibility index (Phi) is 5.43. The molecule has 2 atom stereocenters. The number of rotatable bonds is 4. The summed E-state index contributed by atoms with van der Waals surface area (Å²) in [5, 5.41) is 2.75. The number of methoxy groups -OCH3 is 1. The first-order chi connectivity index (χ1) is 12.9. The van der Waals surface area contributed by atoms with Crippen molar-refractivity contribution in [1.82, 2.24) is 20.2 Å². The van der Waals surface area contributed by atoms with Crippen LogP contribution in [0, 0.1) is 11.7 Å². The first-order valence-electron chi connectivity index (χ1n) is 8.85. The molecule has 2 heterocycles. The highest BCUT2D eigenvalue weighted by Crippen LogP contribution is 2.33. The number of nitrogens with one attached hydrogen (secondary N) is 2. The van der Waals surface area contributed by atoms with Gasteiger partial charge in [-0.3, -0.25) is 0 Å².